The van der Waals surface area contributed by atoms with E-state index in [1.54, 1.807) is 0 Å². The highest BCUT2D eigenvalue weighted by Crippen LogP contribution is 2.42. The summed E-state index contributed by atoms with van der Waals surface area (Å²) in [5.74, 6) is 1.29. The number of pyridine rings is 2. The molecule has 36 heavy (non-hydrogen) atoms. The molecule has 0 N–H and O–H groups in total. The lowest BCUT2D eigenvalue weighted by molar-refractivity contribution is 0.385. The standard InChI is InChI=1S/C30H27N5O/c1-19-28(20(2)36-34-19)24-15-25-26(22-12-10-21(16-31)11-13-22)18-35(30(25)33-17-24)29(23-7-3-4-8-23)27-9-5-6-14-32-27/h5-6,9-15,17-18,23,29H,3-4,7-8H2,1-2H3. The van der Waals surface area contributed by atoms with Crippen molar-refractivity contribution in [3.8, 4) is 28.3 Å². The molecule has 1 aliphatic rings. The molecule has 1 aromatic carbocycles. The Kier molecular flexibility index (Phi) is 5.61. The van der Waals surface area contributed by atoms with Gasteiger partial charge in [0.25, 0.3) is 0 Å². The van der Waals surface area contributed by atoms with E-state index in [1.807, 2.05) is 56.6 Å². The molecule has 0 saturated heterocycles. The van der Waals surface area contributed by atoms with E-state index in [9.17, 15) is 5.26 Å². The van der Waals surface area contributed by atoms with Crippen LogP contribution in [0.3, 0.4) is 0 Å². The van der Waals surface area contributed by atoms with Gasteiger partial charge in [0, 0.05) is 40.7 Å². The van der Waals surface area contributed by atoms with E-state index in [0.717, 1.165) is 50.4 Å². The number of aryl methyl sites for hydroxylation is 2. The normalized spacial score (nSPS) is 14.8. The van der Waals surface area contributed by atoms with Crippen molar-refractivity contribution < 1.29 is 4.52 Å². The van der Waals surface area contributed by atoms with E-state index in [1.165, 1.54) is 25.7 Å². The molecular formula is C30H27N5O. The van der Waals surface area contributed by atoms with E-state index in [4.69, 9.17) is 14.5 Å². The van der Waals surface area contributed by atoms with E-state index in [2.05, 4.69) is 40.2 Å². The summed E-state index contributed by atoms with van der Waals surface area (Å²) >= 11 is 0. The molecule has 6 heteroatoms. The van der Waals surface area contributed by atoms with Crippen LogP contribution in [0.2, 0.25) is 0 Å². The highest BCUT2D eigenvalue weighted by atomic mass is 16.5. The van der Waals surface area contributed by atoms with Gasteiger partial charge < -0.3 is 9.09 Å². The van der Waals surface area contributed by atoms with Crippen LogP contribution in [0.25, 0.3) is 33.3 Å². The van der Waals surface area contributed by atoms with Crippen LogP contribution < -0.4 is 0 Å². The number of benzene rings is 1. The van der Waals surface area contributed by atoms with Crippen molar-refractivity contribution in [2.24, 2.45) is 5.92 Å². The van der Waals surface area contributed by atoms with E-state index >= 15 is 0 Å². The van der Waals surface area contributed by atoms with Crippen LogP contribution in [0.1, 0.15) is 54.4 Å². The second kappa shape index (κ2) is 9.09. The first-order chi connectivity index (χ1) is 17.6. The van der Waals surface area contributed by atoms with Crippen molar-refractivity contribution in [3.63, 3.8) is 0 Å². The quantitative estimate of drug-likeness (QED) is 0.274. The molecule has 0 aliphatic heterocycles. The van der Waals surface area contributed by atoms with Crippen LogP contribution in [0.5, 0.6) is 0 Å². The summed E-state index contributed by atoms with van der Waals surface area (Å²) in [6.45, 7) is 3.89. The number of hydrogen-bond acceptors (Lipinski definition) is 5. The molecule has 6 rings (SSSR count). The summed E-state index contributed by atoms with van der Waals surface area (Å²) in [4.78, 5) is 9.82. The minimum Gasteiger partial charge on any atom is -0.361 e. The zero-order valence-corrected chi connectivity index (χ0v) is 20.5. The highest BCUT2D eigenvalue weighted by Gasteiger charge is 2.31. The average Bonchev–Trinajstić information content (AvgIpc) is 3.65. The third-order valence-corrected chi connectivity index (χ3v) is 7.45. The Hall–Kier alpha value is -4.24. The van der Waals surface area contributed by atoms with Gasteiger partial charge in [-0.2, -0.15) is 5.26 Å². The number of aromatic nitrogens is 4. The summed E-state index contributed by atoms with van der Waals surface area (Å²) in [5.41, 5.74) is 7.63. The highest BCUT2D eigenvalue weighted by molar-refractivity contribution is 5.96. The summed E-state index contributed by atoms with van der Waals surface area (Å²) in [6, 6.07) is 18.5. The molecule has 1 aliphatic carbocycles. The van der Waals surface area contributed by atoms with Gasteiger partial charge in [-0.05, 0) is 68.5 Å². The van der Waals surface area contributed by atoms with Gasteiger partial charge in [0.05, 0.1) is 29.1 Å². The summed E-state index contributed by atoms with van der Waals surface area (Å²) in [5, 5.41) is 14.5. The predicted octanol–water partition coefficient (Wildman–Crippen LogP) is 7.02. The molecule has 6 nitrogen and oxygen atoms in total. The Morgan fingerprint density at radius 2 is 1.83 bits per heavy atom. The largest absolute Gasteiger partial charge is 0.361 e. The Labute approximate surface area is 210 Å². The summed E-state index contributed by atoms with van der Waals surface area (Å²) in [6.07, 6.45) is 10.9. The smallest absolute Gasteiger partial charge is 0.141 e. The molecule has 1 atom stereocenters. The lowest BCUT2D eigenvalue weighted by Crippen LogP contribution is -2.19. The zero-order valence-electron chi connectivity index (χ0n) is 20.5. The molecule has 4 aromatic heterocycles. The lowest BCUT2D eigenvalue weighted by atomic mass is 9.94. The topological polar surface area (TPSA) is 80.5 Å². The van der Waals surface area contributed by atoms with Crippen molar-refractivity contribution in [1.82, 2.24) is 19.7 Å². The van der Waals surface area contributed by atoms with Crippen molar-refractivity contribution in [2.75, 3.05) is 0 Å². The Balaban J connectivity index is 1.60. The van der Waals surface area contributed by atoms with E-state index in [-0.39, 0.29) is 6.04 Å². The minimum atomic E-state index is 0.112. The SMILES string of the molecule is Cc1noc(C)c1-c1cnc2c(c1)c(-c1ccc(C#N)cc1)cn2C(c1ccccn1)C1CCCC1. The molecule has 0 amide bonds. The molecule has 0 radical (unpaired) electrons. The van der Waals surface area contributed by atoms with Crippen LogP contribution >= 0.6 is 0 Å². The molecule has 5 aromatic rings. The van der Waals surface area contributed by atoms with Gasteiger partial charge in [-0.25, -0.2) is 4.98 Å². The van der Waals surface area contributed by atoms with Gasteiger partial charge in [0.1, 0.15) is 11.4 Å². The van der Waals surface area contributed by atoms with Gasteiger partial charge >= 0.3 is 0 Å². The van der Waals surface area contributed by atoms with Crippen LogP contribution in [-0.4, -0.2) is 19.7 Å². The van der Waals surface area contributed by atoms with Crippen LogP contribution in [0, 0.1) is 31.1 Å². The summed E-state index contributed by atoms with van der Waals surface area (Å²) in [7, 11) is 0. The number of fused-ring (bicyclic) bond motifs is 1. The predicted molar refractivity (Wildman–Crippen MR) is 139 cm³/mol. The van der Waals surface area contributed by atoms with Crippen LogP contribution in [0.4, 0.5) is 0 Å². The number of nitrogens with zero attached hydrogens (tertiary/aromatic N) is 5. The zero-order chi connectivity index (χ0) is 24.6. The van der Waals surface area contributed by atoms with Crippen molar-refractivity contribution in [2.45, 2.75) is 45.6 Å². The van der Waals surface area contributed by atoms with Gasteiger partial charge in [-0.3, -0.25) is 4.98 Å². The Bertz CT molecular complexity index is 1550. The first-order valence-electron chi connectivity index (χ1n) is 12.5. The molecule has 0 spiro atoms. The minimum absolute atomic E-state index is 0.112. The van der Waals surface area contributed by atoms with Crippen molar-refractivity contribution in [3.05, 3.63) is 89.8 Å². The Morgan fingerprint density at radius 1 is 1.03 bits per heavy atom. The fourth-order valence-corrected chi connectivity index (χ4v) is 5.76. The molecule has 4 heterocycles. The molecular weight excluding hydrogens is 446 g/mol. The second-order valence-corrected chi connectivity index (χ2v) is 9.68. The maximum atomic E-state index is 9.30. The summed E-state index contributed by atoms with van der Waals surface area (Å²) < 4.78 is 7.78. The lowest BCUT2D eigenvalue weighted by Gasteiger charge is -2.25. The third-order valence-electron chi connectivity index (χ3n) is 7.45. The van der Waals surface area contributed by atoms with E-state index in [0.29, 0.717) is 11.5 Å². The molecule has 0 bridgehead atoms. The fourth-order valence-electron chi connectivity index (χ4n) is 5.76. The maximum absolute atomic E-state index is 9.30. The van der Waals surface area contributed by atoms with Crippen LogP contribution in [-0.2, 0) is 0 Å². The second-order valence-electron chi connectivity index (χ2n) is 9.68. The van der Waals surface area contributed by atoms with E-state index < -0.39 is 0 Å². The number of hydrogen-bond donors (Lipinski definition) is 0. The van der Waals surface area contributed by atoms with Gasteiger partial charge in [-0.1, -0.05) is 36.2 Å². The van der Waals surface area contributed by atoms with Crippen molar-refractivity contribution >= 4 is 11.0 Å². The first-order valence-corrected chi connectivity index (χ1v) is 12.5. The van der Waals surface area contributed by atoms with Crippen molar-refractivity contribution in [1.29, 1.82) is 5.26 Å². The monoisotopic (exact) mass is 473 g/mol. The van der Waals surface area contributed by atoms with Crippen LogP contribution in [0.15, 0.2) is 71.6 Å². The molecule has 1 unspecified atom stereocenters. The average molecular weight is 474 g/mol. The third kappa shape index (κ3) is 3.77. The molecule has 1 fully saturated rings. The maximum Gasteiger partial charge on any atom is 0.141 e. The van der Waals surface area contributed by atoms with Gasteiger partial charge in [0.2, 0.25) is 0 Å². The number of nitriles is 1. The fraction of sp³-hybridized carbons (Fsp3) is 0.267. The Morgan fingerprint density at radius 3 is 2.50 bits per heavy atom. The number of rotatable bonds is 5. The molecule has 1 saturated carbocycles. The first kappa shape index (κ1) is 22.2. The molecule has 178 valence electrons. The van der Waals surface area contributed by atoms with Gasteiger partial charge in [-0.15, -0.1) is 0 Å². The van der Waals surface area contributed by atoms with Gasteiger partial charge in [0.15, 0.2) is 0 Å².